The molecule has 0 saturated carbocycles. The molecule has 0 unspecified atom stereocenters. The second-order valence-electron chi connectivity index (χ2n) is 6.36. The number of amides is 1. The largest absolute Gasteiger partial charge is 0.444 e. The molecule has 0 aliphatic heterocycles. The summed E-state index contributed by atoms with van der Waals surface area (Å²) in [5, 5.41) is 6.26. The molecule has 0 aliphatic carbocycles. The third kappa shape index (κ3) is 10.7. The first-order chi connectivity index (χ1) is 12.9. The number of hydrogen-bond donors (Lipinski definition) is 2. The highest BCUT2D eigenvalue weighted by Crippen LogP contribution is 2.14. The van der Waals surface area contributed by atoms with Crippen molar-refractivity contribution in [1.29, 1.82) is 0 Å². The van der Waals surface area contributed by atoms with E-state index in [9.17, 15) is 9.59 Å². The summed E-state index contributed by atoms with van der Waals surface area (Å²) < 4.78 is 15.9. The molecule has 1 heterocycles. The smallest absolute Gasteiger partial charge is 0.407 e. The first kappa shape index (κ1) is 23.1. The first-order valence-electron chi connectivity index (χ1n) is 8.58. The van der Waals surface area contributed by atoms with E-state index < -0.39 is 11.7 Å². The predicted octanol–water partition coefficient (Wildman–Crippen LogP) is 1.98. The van der Waals surface area contributed by atoms with Gasteiger partial charge in [-0.05, 0) is 27.0 Å². The molecule has 0 aromatic carbocycles. The van der Waals surface area contributed by atoms with Gasteiger partial charge < -0.3 is 24.8 Å². The second kappa shape index (κ2) is 12.5. The zero-order chi connectivity index (χ0) is 20.1. The minimum Gasteiger partial charge on any atom is -0.444 e. The number of carbonyl (C=O) groups excluding carboxylic acids is 2. The summed E-state index contributed by atoms with van der Waals surface area (Å²) in [6, 6.07) is 0. The number of ether oxygens (including phenoxy) is 3. The van der Waals surface area contributed by atoms with Crippen molar-refractivity contribution in [2.24, 2.45) is 0 Å². The third-order valence-electron chi connectivity index (χ3n) is 2.93. The molecule has 9 nitrogen and oxygen atoms in total. The lowest BCUT2D eigenvalue weighted by atomic mass is 10.2. The Balaban J connectivity index is 2.05. The Morgan fingerprint density at radius 3 is 2.44 bits per heavy atom. The number of aldehydes is 1. The van der Waals surface area contributed by atoms with Crippen LogP contribution in [0.25, 0.3) is 0 Å². The molecule has 1 rings (SSSR count). The van der Waals surface area contributed by atoms with E-state index in [1.54, 1.807) is 0 Å². The SMILES string of the molecule is CSc1ncc(C=O)c(NCCOCCOCCNC(=O)OC(C)(C)C)n1. The van der Waals surface area contributed by atoms with Crippen LogP contribution in [0.3, 0.4) is 0 Å². The van der Waals surface area contributed by atoms with Gasteiger partial charge in [0.1, 0.15) is 11.4 Å². The van der Waals surface area contributed by atoms with Crippen LogP contribution in [0, 0.1) is 0 Å². The number of aromatic nitrogens is 2. The Hall–Kier alpha value is -1.91. The minimum absolute atomic E-state index is 0.371. The lowest BCUT2D eigenvalue weighted by Crippen LogP contribution is -2.34. The molecule has 1 aromatic rings. The van der Waals surface area contributed by atoms with Crippen molar-refractivity contribution >= 4 is 30.0 Å². The van der Waals surface area contributed by atoms with Crippen molar-refractivity contribution in [3.8, 4) is 0 Å². The Bertz CT molecular complexity index is 595. The number of thioether (sulfide) groups is 1. The summed E-state index contributed by atoms with van der Waals surface area (Å²) >= 11 is 1.40. The van der Waals surface area contributed by atoms with Crippen molar-refractivity contribution in [1.82, 2.24) is 15.3 Å². The fourth-order valence-electron chi connectivity index (χ4n) is 1.80. The molecular formula is C17H28N4O5S. The lowest BCUT2D eigenvalue weighted by Gasteiger charge is -2.19. The molecule has 1 aromatic heterocycles. The van der Waals surface area contributed by atoms with E-state index in [2.05, 4.69) is 20.6 Å². The molecule has 152 valence electrons. The molecule has 27 heavy (non-hydrogen) atoms. The zero-order valence-corrected chi connectivity index (χ0v) is 17.1. The lowest BCUT2D eigenvalue weighted by molar-refractivity contribution is 0.0415. The molecule has 0 aliphatic rings. The molecule has 0 bridgehead atoms. The number of alkyl carbamates (subject to hydrolysis) is 1. The molecule has 0 atom stereocenters. The number of nitrogens with one attached hydrogen (secondary N) is 2. The summed E-state index contributed by atoms with van der Waals surface area (Å²) in [5.41, 5.74) is -0.101. The molecule has 10 heteroatoms. The third-order valence-corrected chi connectivity index (χ3v) is 3.49. The summed E-state index contributed by atoms with van der Waals surface area (Å²) in [5.74, 6) is 0.498. The molecule has 2 N–H and O–H groups in total. The van der Waals surface area contributed by atoms with Crippen molar-refractivity contribution in [3.05, 3.63) is 11.8 Å². The van der Waals surface area contributed by atoms with Crippen molar-refractivity contribution in [3.63, 3.8) is 0 Å². The summed E-state index contributed by atoms with van der Waals surface area (Å²) in [7, 11) is 0. The average molecular weight is 401 g/mol. The van der Waals surface area contributed by atoms with Crippen molar-refractivity contribution in [2.45, 2.75) is 31.5 Å². The molecular weight excluding hydrogens is 372 g/mol. The predicted molar refractivity (Wildman–Crippen MR) is 104 cm³/mol. The maximum Gasteiger partial charge on any atom is 0.407 e. The topological polar surface area (TPSA) is 112 Å². The highest BCUT2D eigenvalue weighted by atomic mass is 32.2. The van der Waals surface area contributed by atoms with E-state index in [0.717, 1.165) is 0 Å². The Morgan fingerprint density at radius 1 is 1.19 bits per heavy atom. The zero-order valence-electron chi connectivity index (χ0n) is 16.2. The average Bonchev–Trinajstić information content (AvgIpc) is 2.61. The highest BCUT2D eigenvalue weighted by Gasteiger charge is 2.15. The number of rotatable bonds is 12. The van der Waals surface area contributed by atoms with Crippen LogP contribution in [-0.4, -0.2) is 73.7 Å². The normalized spacial score (nSPS) is 11.1. The highest BCUT2D eigenvalue weighted by molar-refractivity contribution is 7.98. The summed E-state index contributed by atoms with van der Waals surface area (Å²) in [6.07, 6.45) is 3.62. The van der Waals surface area contributed by atoms with Crippen LogP contribution in [0.4, 0.5) is 10.6 Å². The van der Waals surface area contributed by atoms with Crippen LogP contribution in [0.1, 0.15) is 31.1 Å². The van der Waals surface area contributed by atoms with Gasteiger partial charge in [-0.3, -0.25) is 4.79 Å². The van der Waals surface area contributed by atoms with Gasteiger partial charge in [-0.1, -0.05) is 11.8 Å². The Morgan fingerprint density at radius 2 is 1.85 bits per heavy atom. The monoisotopic (exact) mass is 400 g/mol. The first-order valence-corrected chi connectivity index (χ1v) is 9.80. The van der Waals surface area contributed by atoms with Gasteiger partial charge in [-0.15, -0.1) is 0 Å². The number of anilines is 1. The van der Waals surface area contributed by atoms with E-state index >= 15 is 0 Å². The number of hydrogen-bond acceptors (Lipinski definition) is 9. The Kier molecular flexibility index (Phi) is 10.7. The molecule has 1 amide bonds. The molecule has 0 fully saturated rings. The number of carbonyl (C=O) groups is 2. The second-order valence-corrected chi connectivity index (χ2v) is 7.13. The van der Waals surface area contributed by atoms with Gasteiger partial charge in [-0.25, -0.2) is 14.8 Å². The van der Waals surface area contributed by atoms with Gasteiger partial charge in [0, 0.05) is 19.3 Å². The summed E-state index contributed by atoms with van der Waals surface area (Å²) in [4.78, 5) is 30.7. The Labute approximate surface area is 164 Å². The van der Waals surface area contributed by atoms with Crippen molar-refractivity contribution in [2.75, 3.05) is 51.1 Å². The number of nitrogens with zero attached hydrogens (tertiary/aromatic N) is 2. The van der Waals surface area contributed by atoms with Gasteiger partial charge in [-0.2, -0.15) is 0 Å². The summed E-state index contributed by atoms with van der Waals surface area (Å²) in [6.45, 7) is 7.96. The van der Waals surface area contributed by atoms with Crippen LogP contribution in [0.2, 0.25) is 0 Å². The van der Waals surface area contributed by atoms with E-state index in [4.69, 9.17) is 14.2 Å². The van der Waals surface area contributed by atoms with E-state index in [-0.39, 0.29) is 0 Å². The van der Waals surface area contributed by atoms with Crippen LogP contribution >= 0.6 is 11.8 Å². The van der Waals surface area contributed by atoms with Gasteiger partial charge in [0.05, 0.1) is 32.0 Å². The van der Waals surface area contributed by atoms with Crippen LogP contribution < -0.4 is 10.6 Å². The maximum absolute atomic E-state index is 11.4. The van der Waals surface area contributed by atoms with Gasteiger partial charge in [0.15, 0.2) is 11.4 Å². The van der Waals surface area contributed by atoms with Crippen LogP contribution in [-0.2, 0) is 14.2 Å². The van der Waals surface area contributed by atoms with Gasteiger partial charge in [0.2, 0.25) is 0 Å². The van der Waals surface area contributed by atoms with Gasteiger partial charge in [0.25, 0.3) is 0 Å². The standard InChI is InChI=1S/C17H28N4O5S/c1-17(2,3)26-16(23)19-6-8-25-10-9-24-7-5-18-14-13(12-22)11-20-15(21-14)27-4/h11-12H,5-10H2,1-4H3,(H,19,23)(H,18,20,21). The molecule has 0 saturated heterocycles. The maximum atomic E-state index is 11.4. The molecule has 0 radical (unpaired) electrons. The van der Waals surface area contributed by atoms with Gasteiger partial charge >= 0.3 is 6.09 Å². The van der Waals surface area contributed by atoms with Crippen molar-refractivity contribution < 1.29 is 23.8 Å². The van der Waals surface area contributed by atoms with Crippen LogP contribution in [0.15, 0.2) is 11.4 Å². The van der Waals surface area contributed by atoms with E-state index in [0.29, 0.717) is 62.3 Å². The van der Waals surface area contributed by atoms with E-state index in [1.807, 2.05) is 27.0 Å². The minimum atomic E-state index is -0.512. The fraction of sp³-hybridized carbons (Fsp3) is 0.647. The fourth-order valence-corrected chi connectivity index (χ4v) is 2.14. The van der Waals surface area contributed by atoms with Crippen LogP contribution in [0.5, 0.6) is 0 Å². The quantitative estimate of drug-likeness (QED) is 0.235. The van der Waals surface area contributed by atoms with E-state index in [1.165, 1.54) is 18.0 Å². The molecule has 0 spiro atoms.